The van der Waals surface area contributed by atoms with Gasteiger partial charge in [0.25, 0.3) is 0 Å². The van der Waals surface area contributed by atoms with Gasteiger partial charge in [0.15, 0.2) is 0 Å². The van der Waals surface area contributed by atoms with Crippen molar-refractivity contribution in [2.75, 3.05) is 20.4 Å². The molecule has 0 fully saturated rings. The lowest BCUT2D eigenvalue weighted by Crippen LogP contribution is -2.10. The molecule has 0 unspecified atom stereocenters. The van der Waals surface area contributed by atoms with Crippen molar-refractivity contribution >= 4 is 56.9 Å². The molecule has 14 rings (SSSR count). The first-order valence-electron chi connectivity index (χ1n) is 30.6. The van der Waals surface area contributed by atoms with E-state index in [-0.39, 0.29) is 11.5 Å². The lowest BCUT2D eigenvalue weighted by atomic mass is 10.0. The first-order valence-corrected chi connectivity index (χ1v) is 30.6. The number of rotatable bonds is 15. The van der Waals surface area contributed by atoms with E-state index in [9.17, 15) is 10.2 Å². The molecule has 0 aliphatic rings. The third-order valence-electron chi connectivity index (χ3n) is 15.7. The van der Waals surface area contributed by atoms with Gasteiger partial charge in [-0.2, -0.15) is 0 Å². The van der Waals surface area contributed by atoms with Crippen LogP contribution in [0.3, 0.4) is 0 Å². The van der Waals surface area contributed by atoms with Gasteiger partial charge in [-0.25, -0.2) is 0 Å². The van der Waals surface area contributed by atoms with E-state index in [0.717, 1.165) is 95.8 Å². The summed E-state index contributed by atoms with van der Waals surface area (Å²) in [7, 11) is 0. The van der Waals surface area contributed by atoms with Crippen LogP contribution in [0.15, 0.2) is 364 Å². The largest absolute Gasteiger partial charge is 0.508 e. The molecular weight excluding hydrogens is 1120 g/mol. The summed E-state index contributed by atoms with van der Waals surface area (Å²) >= 11 is 0. The predicted octanol–water partition coefficient (Wildman–Crippen LogP) is 23.2. The van der Waals surface area contributed by atoms with E-state index in [1.54, 1.807) is 36.4 Å². The van der Waals surface area contributed by atoms with Gasteiger partial charge in [-0.05, 0) is 220 Å². The smallest absolute Gasteiger partial charge is 0.115 e. The molecule has 0 spiro atoms. The molecule has 7 heteroatoms. The van der Waals surface area contributed by atoms with Crippen molar-refractivity contribution in [2.24, 2.45) is 0 Å². The van der Waals surface area contributed by atoms with Crippen molar-refractivity contribution < 1.29 is 15.3 Å². The highest BCUT2D eigenvalue weighted by atomic mass is 16.3. The molecule has 5 N–H and O–H groups in total. The Bertz CT molecular complexity index is 4240. The molecule has 0 aromatic heterocycles. The van der Waals surface area contributed by atoms with Crippen LogP contribution in [0.2, 0.25) is 0 Å². The van der Waals surface area contributed by atoms with Crippen LogP contribution in [0.5, 0.6) is 17.2 Å². The third kappa shape index (κ3) is 15.5. The summed E-state index contributed by atoms with van der Waals surface area (Å²) in [6, 6.07) is 123. The van der Waals surface area contributed by atoms with Gasteiger partial charge in [-0.15, -0.1) is 0 Å². The summed E-state index contributed by atoms with van der Waals surface area (Å²) in [6.07, 6.45) is 0. The predicted molar refractivity (Wildman–Crippen MR) is 385 cm³/mol. The molecule has 0 saturated heterocycles. The van der Waals surface area contributed by atoms with Gasteiger partial charge in [0.1, 0.15) is 17.2 Å². The maximum Gasteiger partial charge on any atom is 0.115 e. The summed E-state index contributed by atoms with van der Waals surface area (Å²) in [6.45, 7) is 2.07. The summed E-state index contributed by atoms with van der Waals surface area (Å²) < 4.78 is 0. The van der Waals surface area contributed by atoms with Crippen LogP contribution < -0.4 is 20.4 Å². The zero-order valence-corrected chi connectivity index (χ0v) is 50.9. The zero-order chi connectivity index (χ0) is 62.9. The Labute approximate surface area is 539 Å². The van der Waals surface area contributed by atoms with Gasteiger partial charge in [0, 0.05) is 56.9 Å². The van der Waals surface area contributed by atoms with Gasteiger partial charge in [-0.1, -0.05) is 212 Å². The first kappa shape index (κ1) is 60.0. The van der Waals surface area contributed by atoms with Crippen molar-refractivity contribution in [3.05, 3.63) is 370 Å². The number of anilines is 10. The number of aromatic hydroxyl groups is 3. The van der Waals surface area contributed by atoms with Crippen molar-refractivity contribution in [2.45, 2.75) is 6.92 Å². The Morgan fingerprint density at radius 1 is 0.185 bits per heavy atom. The van der Waals surface area contributed by atoms with Gasteiger partial charge in [-0.3, -0.25) is 0 Å². The maximum atomic E-state index is 9.72. The number of nitrogens with one attached hydrogen (secondary N) is 2. The van der Waals surface area contributed by atoms with Crippen molar-refractivity contribution in [1.82, 2.24) is 0 Å². The second-order valence-corrected chi connectivity index (χ2v) is 22.2. The van der Waals surface area contributed by atoms with E-state index in [1.807, 2.05) is 84.9 Å². The molecule has 0 radical (unpaired) electrons. The van der Waals surface area contributed by atoms with E-state index in [2.05, 4.69) is 270 Å². The number of hydrogen-bond donors (Lipinski definition) is 5. The number of benzene rings is 14. The Kier molecular flexibility index (Phi) is 19.0. The highest BCUT2D eigenvalue weighted by molar-refractivity contribution is 5.83. The number of phenols is 3. The molecule has 446 valence electrons. The summed E-state index contributed by atoms with van der Waals surface area (Å²) in [5, 5.41) is 35.4. The molecule has 0 bridgehead atoms. The molecule has 0 amide bonds. The minimum Gasteiger partial charge on any atom is -0.508 e. The summed E-state index contributed by atoms with van der Waals surface area (Å²) in [5.74, 6) is 0.831. The Balaban J connectivity index is 0.000000167. The minimum absolute atomic E-state index is 0.262. The fourth-order valence-corrected chi connectivity index (χ4v) is 10.8. The Morgan fingerprint density at radius 3 is 0.598 bits per heavy atom. The zero-order valence-electron chi connectivity index (χ0n) is 50.9. The fraction of sp³-hybridized carbons (Fsp3) is 0.0118. The Hall–Kier alpha value is -12.3. The SMILES string of the molecule is Cc1ccc(-c2ccc(O)cc2)cc1.Oc1ccc(-c2ccc(N(c3ccccc3)c3ccc(-c4ccc(N(c5ccccc5)c5ccc(-c6ccc(O)cc6)cc5)cc4)cc3)cc2)cc1.c1ccc(Nc2ccc(-c3ccc(Nc4ccccc4)cc3)cc2)cc1. The second kappa shape index (κ2) is 29.1. The third-order valence-corrected chi connectivity index (χ3v) is 15.7. The molecule has 0 aliphatic heterocycles. The molecule has 0 saturated carbocycles. The first-order chi connectivity index (χ1) is 45.2. The fourth-order valence-electron chi connectivity index (χ4n) is 10.8. The number of phenolic OH excluding ortho intramolecular Hbond substituents is 3. The van der Waals surface area contributed by atoms with Gasteiger partial charge in [0.05, 0.1) is 0 Å². The average Bonchev–Trinajstić information content (AvgIpc) is 3.61. The van der Waals surface area contributed by atoms with E-state index in [0.29, 0.717) is 5.75 Å². The Morgan fingerprint density at radius 2 is 0.359 bits per heavy atom. The van der Waals surface area contributed by atoms with Crippen LogP contribution in [0, 0.1) is 6.92 Å². The van der Waals surface area contributed by atoms with Gasteiger partial charge < -0.3 is 35.8 Å². The van der Waals surface area contributed by atoms with Gasteiger partial charge >= 0.3 is 0 Å². The molecule has 14 aromatic carbocycles. The average molecular weight is 1190 g/mol. The summed E-state index contributed by atoms with van der Waals surface area (Å²) in [5.41, 5.74) is 23.3. The van der Waals surface area contributed by atoms with Crippen LogP contribution in [0.1, 0.15) is 5.56 Å². The second-order valence-electron chi connectivity index (χ2n) is 22.2. The normalized spacial score (nSPS) is 10.6. The lowest BCUT2D eigenvalue weighted by Gasteiger charge is -2.26. The standard InChI is InChI=1S/C48H36N2O2.C24H20N2.C13H12O/c51-47-31-19-39(20-32-47)37-15-27-45(28-16-37)49(41-7-3-1-4-8-41)43-23-11-35(12-24-43)36-13-25-44(26-14-36)50(42-9-5-2-6-10-42)46-29-17-38(18-30-46)40-21-33-48(52)34-22-40;1-3-7-21(8-4-1)25-23-15-11-19(12-16-23)20-13-17-24(18-14-20)26-22-9-5-2-6-10-22;1-10-2-4-11(5-3-10)12-6-8-13(14)9-7-12/h1-34,51-52H;1-18,25-26H;2-9,14H,1H3. The van der Waals surface area contributed by atoms with E-state index in [1.165, 1.54) is 22.3 Å². The van der Waals surface area contributed by atoms with Crippen molar-refractivity contribution in [3.63, 3.8) is 0 Å². The van der Waals surface area contributed by atoms with Gasteiger partial charge in [0.2, 0.25) is 0 Å². The topological polar surface area (TPSA) is 91.2 Å². The molecule has 0 aliphatic carbocycles. The monoisotopic (exact) mass is 1190 g/mol. The van der Waals surface area contributed by atoms with E-state index >= 15 is 0 Å². The van der Waals surface area contributed by atoms with E-state index in [4.69, 9.17) is 5.11 Å². The molecule has 0 heterocycles. The summed E-state index contributed by atoms with van der Waals surface area (Å²) in [4.78, 5) is 4.52. The molecule has 7 nitrogen and oxygen atoms in total. The molecule has 14 aromatic rings. The van der Waals surface area contributed by atoms with Crippen LogP contribution in [0.4, 0.5) is 56.9 Å². The maximum absolute atomic E-state index is 9.72. The van der Waals surface area contributed by atoms with Crippen LogP contribution in [-0.2, 0) is 0 Å². The number of nitrogens with zero attached hydrogens (tertiary/aromatic N) is 2. The van der Waals surface area contributed by atoms with Crippen LogP contribution >= 0.6 is 0 Å². The molecule has 92 heavy (non-hydrogen) atoms. The van der Waals surface area contributed by atoms with Crippen LogP contribution in [0.25, 0.3) is 55.6 Å². The minimum atomic E-state index is 0.262. The van der Waals surface area contributed by atoms with Crippen molar-refractivity contribution in [3.8, 4) is 72.9 Å². The van der Waals surface area contributed by atoms with Crippen molar-refractivity contribution in [1.29, 1.82) is 0 Å². The van der Waals surface area contributed by atoms with Crippen LogP contribution in [-0.4, -0.2) is 15.3 Å². The lowest BCUT2D eigenvalue weighted by molar-refractivity contribution is 0.475. The number of para-hydroxylation sites is 4. The highest BCUT2D eigenvalue weighted by Gasteiger charge is 2.16. The molecular formula is C85H68N4O3. The molecule has 0 atom stereocenters. The highest BCUT2D eigenvalue weighted by Crippen LogP contribution is 2.40. The van der Waals surface area contributed by atoms with E-state index < -0.39 is 0 Å². The number of aryl methyl sites for hydroxylation is 1. The number of hydrogen-bond acceptors (Lipinski definition) is 7. The quantitative estimate of drug-likeness (QED) is 0.0699.